The molecule has 0 heterocycles. The molecule has 0 spiro atoms. The summed E-state index contributed by atoms with van der Waals surface area (Å²) in [5.41, 5.74) is 10.6. The van der Waals surface area contributed by atoms with E-state index in [0.717, 1.165) is 0 Å². The van der Waals surface area contributed by atoms with Gasteiger partial charge < -0.3 is 21.7 Å². The minimum absolute atomic E-state index is 0.00887. The summed E-state index contributed by atoms with van der Waals surface area (Å²) in [7, 11) is 0. The van der Waals surface area contributed by atoms with Crippen LogP contribution in [-0.4, -0.2) is 40.0 Å². The fourth-order valence-corrected chi connectivity index (χ4v) is 1.05. The Morgan fingerprint density at radius 2 is 1.44 bits per heavy atom. The fourth-order valence-electron chi connectivity index (χ4n) is 1.05. The molecule has 0 aliphatic carbocycles. The van der Waals surface area contributed by atoms with Gasteiger partial charge in [-0.15, -0.1) is 0 Å². The first-order chi connectivity index (χ1) is 7.34. The average Bonchev–Trinajstić information content (AvgIpc) is 2.21. The minimum atomic E-state index is -1.17. The number of rotatable bonds is 8. The van der Waals surface area contributed by atoms with Crippen molar-refractivity contribution in [1.29, 1.82) is 0 Å². The Morgan fingerprint density at radius 1 is 0.938 bits per heavy atom. The fraction of sp³-hybridized carbons (Fsp3) is 0.667. The molecule has 7 heteroatoms. The molecule has 0 aliphatic rings. The van der Waals surface area contributed by atoms with E-state index < -0.39 is 24.0 Å². The third kappa shape index (κ3) is 6.10. The number of ketones is 1. The Bertz CT molecular complexity index is 279. The van der Waals surface area contributed by atoms with Gasteiger partial charge >= 0.3 is 11.9 Å². The highest BCUT2D eigenvalue weighted by Gasteiger charge is 2.18. The topological polar surface area (TPSA) is 144 Å². The lowest BCUT2D eigenvalue weighted by atomic mass is 10.0. The van der Waals surface area contributed by atoms with E-state index >= 15 is 0 Å². The van der Waals surface area contributed by atoms with Crippen LogP contribution in [-0.2, 0) is 14.4 Å². The Kier molecular flexibility index (Phi) is 6.28. The first kappa shape index (κ1) is 14.5. The minimum Gasteiger partial charge on any atom is -0.481 e. The van der Waals surface area contributed by atoms with Crippen LogP contribution in [0.1, 0.15) is 25.7 Å². The lowest BCUT2D eigenvalue weighted by Gasteiger charge is -2.10. The first-order valence-electron chi connectivity index (χ1n) is 4.83. The van der Waals surface area contributed by atoms with Crippen molar-refractivity contribution < 1.29 is 24.6 Å². The molecule has 0 saturated carbocycles. The molecule has 92 valence electrons. The highest BCUT2D eigenvalue weighted by atomic mass is 16.4. The summed E-state index contributed by atoms with van der Waals surface area (Å²) in [6.07, 6.45) is -0.169. The maximum absolute atomic E-state index is 11.3. The van der Waals surface area contributed by atoms with Crippen LogP contribution in [0.5, 0.6) is 0 Å². The van der Waals surface area contributed by atoms with E-state index in [1.165, 1.54) is 0 Å². The number of hydrogen-bond donors (Lipinski definition) is 4. The number of Topliss-reactive ketones (excluding diaryl/α,β-unsaturated/α-hetero) is 1. The molecule has 6 N–H and O–H groups in total. The standard InChI is InChI=1S/C9H16N2O5/c10-5(2-4-8(13)14)7(12)3-1-6(11)9(15)16/h5-6H,1-4,10-11H2,(H,13,14)(H,15,16)/t5-,6-/m0/s1. The molecule has 7 nitrogen and oxygen atoms in total. The lowest BCUT2D eigenvalue weighted by Crippen LogP contribution is -2.35. The number of carbonyl (C=O) groups excluding carboxylic acids is 1. The Labute approximate surface area is 92.4 Å². The van der Waals surface area contributed by atoms with Crippen molar-refractivity contribution in [2.45, 2.75) is 37.8 Å². The summed E-state index contributed by atoms with van der Waals surface area (Å²) >= 11 is 0. The Hall–Kier alpha value is -1.47. The predicted molar refractivity (Wildman–Crippen MR) is 54.7 cm³/mol. The second kappa shape index (κ2) is 6.91. The third-order valence-corrected chi connectivity index (χ3v) is 2.10. The van der Waals surface area contributed by atoms with Crippen LogP contribution in [0.25, 0.3) is 0 Å². The van der Waals surface area contributed by atoms with Crippen molar-refractivity contribution in [3.8, 4) is 0 Å². The summed E-state index contributed by atoms with van der Waals surface area (Å²) in [5.74, 6) is -2.56. The molecular formula is C9H16N2O5. The summed E-state index contributed by atoms with van der Waals surface area (Å²) in [5, 5.41) is 16.8. The summed E-state index contributed by atoms with van der Waals surface area (Å²) < 4.78 is 0. The van der Waals surface area contributed by atoms with Crippen molar-refractivity contribution in [2.75, 3.05) is 0 Å². The summed E-state index contributed by atoms with van der Waals surface area (Å²) in [6.45, 7) is 0. The quantitative estimate of drug-likeness (QED) is 0.417. The lowest BCUT2D eigenvalue weighted by molar-refractivity contribution is -0.139. The zero-order valence-corrected chi connectivity index (χ0v) is 8.76. The molecule has 0 saturated heterocycles. The summed E-state index contributed by atoms with van der Waals surface area (Å²) in [4.78, 5) is 31.9. The molecule has 16 heavy (non-hydrogen) atoms. The van der Waals surface area contributed by atoms with Crippen LogP contribution in [0.15, 0.2) is 0 Å². The Morgan fingerprint density at radius 3 is 1.88 bits per heavy atom. The smallest absolute Gasteiger partial charge is 0.320 e. The monoisotopic (exact) mass is 232 g/mol. The molecule has 0 unspecified atom stereocenters. The normalized spacial score (nSPS) is 14.1. The molecule has 0 aromatic carbocycles. The van der Waals surface area contributed by atoms with Gasteiger partial charge in [0.05, 0.1) is 6.04 Å². The van der Waals surface area contributed by atoms with Crippen molar-refractivity contribution in [3.63, 3.8) is 0 Å². The molecule has 0 amide bonds. The van der Waals surface area contributed by atoms with Crippen molar-refractivity contribution >= 4 is 17.7 Å². The molecule has 0 aromatic heterocycles. The van der Waals surface area contributed by atoms with Gasteiger partial charge in [0.25, 0.3) is 0 Å². The Balaban J connectivity index is 3.87. The van der Waals surface area contributed by atoms with E-state index in [9.17, 15) is 14.4 Å². The SMILES string of the molecule is N[C@@H](CCC(=O)[C@@H](N)CCC(=O)O)C(=O)O. The van der Waals surface area contributed by atoms with E-state index in [-0.39, 0.29) is 31.5 Å². The van der Waals surface area contributed by atoms with Crippen molar-refractivity contribution in [2.24, 2.45) is 11.5 Å². The van der Waals surface area contributed by atoms with Crippen LogP contribution in [0, 0.1) is 0 Å². The van der Waals surface area contributed by atoms with Gasteiger partial charge in [0, 0.05) is 12.8 Å². The number of hydrogen-bond acceptors (Lipinski definition) is 5. The van der Waals surface area contributed by atoms with Crippen LogP contribution in [0.2, 0.25) is 0 Å². The van der Waals surface area contributed by atoms with Crippen LogP contribution < -0.4 is 11.5 Å². The molecule has 0 aromatic rings. The molecule has 0 fully saturated rings. The van der Waals surface area contributed by atoms with Gasteiger partial charge in [-0.2, -0.15) is 0 Å². The number of carbonyl (C=O) groups is 3. The van der Waals surface area contributed by atoms with Gasteiger partial charge in [-0.3, -0.25) is 14.4 Å². The van der Waals surface area contributed by atoms with E-state index in [1.54, 1.807) is 0 Å². The van der Waals surface area contributed by atoms with E-state index in [1.807, 2.05) is 0 Å². The molecular weight excluding hydrogens is 216 g/mol. The van der Waals surface area contributed by atoms with Crippen LogP contribution in [0.3, 0.4) is 0 Å². The van der Waals surface area contributed by atoms with Crippen LogP contribution in [0.4, 0.5) is 0 Å². The average molecular weight is 232 g/mol. The predicted octanol–water partition coefficient (Wildman–Crippen LogP) is -1.06. The second-order valence-electron chi connectivity index (χ2n) is 3.49. The van der Waals surface area contributed by atoms with Crippen molar-refractivity contribution in [1.82, 2.24) is 0 Å². The second-order valence-corrected chi connectivity index (χ2v) is 3.49. The largest absolute Gasteiger partial charge is 0.481 e. The third-order valence-electron chi connectivity index (χ3n) is 2.10. The highest BCUT2D eigenvalue weighted by molar-refractivity contribution is 5.85. The van der Waals surface area contributed by atoms with Gasteiger partial charge in [0.2, 0.25) is 0 Å². The van der Waals surface area contributed by atoms with Gasteiger partial charge in [-0.05, 0) is 12.8 Å². The maximum atomic E-state index is 11.3. The number of nitrogens with two attached hydrogens (primary N) is 2. The summed E-state index contributed by atoms with van der Waals surface area (Å²) in [6, 6.07) is -1.95. The first-order valence-corrected chi connectivity index (χ1v) is 4.83. The van der Waals surface area contributed by atoms with Gasteiger partial charge in [0.1, 0.15) is 11.8 Å². The van der Waals surface area contributed by atoms with Gasteiger partial charge in [-0.25, -0.2) is 0 Å². The number of aliphatic carboxylic acids is 2. The molecule has 0 aliphatic heterocycles. The van der Waals surface area contributed by atoms with E-state index in [4.69, 9.17) is 21.7 Å². The van der Waals surface area contributed by atoms with Crippen molar-refractivity contribution in [3.05, 3.63) is 0 Å². The maximum Gasteiger partial charge on any atom is 0.320 e. The van der Waals surface area contributed by atoms with Gasteiger partial charge in [-0.1, -0.05) is 0 Å². The molecule has 0 bridgehead atoms. The van der Waals surface area contributed by atoms with Gasteiger partial charge in [0.15, 0.2) is 0 Å². The number of carboxylic acids is 2. The van der Waals surface area contributed by atoms with E-state index in [2.05, 4.69) is 0 Å². The molecule has 0 radical (unpaired) electrons. The zero-order valence-electron chi connectivity index (χ0n) is 8.76. The molecule has 0 rings (SSSR count). The van der Waals surface area contributed by atoms with Crippen LogP contribution >= 0.6 is 0 Å². The number of carboxylic acid groups (broad SMARTS) is 2. The molecule has 2 atom stereocenters. The van der Waals surface area contributed by atoms with E-state index in [0.29, 0.717) is 0 Å². The highest BCUT2D eigenvalue weighted by Crippen LogP contribution is 2.03. The zero-order chi connectivity index (χ0) is 12.7.